The predicted molar refractivity (Wildman–Crippen MR) is 128 cm³/mol. The van der Waals surface area contributed by atoms with Gasteiger partial charge in [0.1, 0.15) is 11.1 Å². The van der Waals surface area contributed by atoms with Crippen molar-refractivity contribution < 1.29 is 9.53 Å². The standard InChI is InChI=1S/C26H23N3O2S/c1-31-23-15-9-8-12-20(23)16-28-24(30)18-32-26(28)22-17-29(21-13-6-3-7-14-21)27-25(22)19-10-4-2-5-11-19/h2-15,17,26H,16,18H2,1H3/t26-/m0/s1. The van der Waals surface area contributed by atoms with Gasteiger partial charge in [-0.25, -0.2) is 4.68 Å². The van der Waals surface area contributed by atoms with Crippen LogP contribution in [-0.2, 0) is 11.3 Å². The minimum atomic E-state index is -0.125. The van der Waals surface area contributed by atoms with E-state index in [1.807, 2.05) is 82.4 Å². The average Bonchev–Trinajstić information content (AvgIpc) is 3.44. The molecule has 5 rings (SSSR count). The van der Waals surface area contributed by atoms with E-state index in [9.17, 15) is 4.79 Å². The number of methoxy groups -OCH3 is 1. The molecule has 1 fully saturated rings. The number of para-hydroxylation sites is 2. The van der Waals surface area contributed by atoms with Gasteiger partial charge in [0.05, 0.1) is 30.8 Å². The number of benzene rings is 3. The van der Waals surface area contributed by atoms with Gasteiger partial charge in [-0.2, -0.15) is 5.10 Å². The van der Waals surface area contributed by atoms with Gasteiger partial charge < -0.3 is 9.64 Å². The summed E-state index contributed by atoms with van der Waals surface area (Å²) in [5, 5.41) is 4.81. The zero-order chi connectivity index (χ0) is 21.9. The molecule has 1 aromatic heterocycles. The highest BCUT2D eigenvalue weighted by Gasteiger charge is 2.36. The minimum absolute atomic E-state index is 0.123. The fraction of sp³-hybridized carbons (Fsp3) is 0.154. The highest BCUT2D eigenvalue weighted by molar-refractivity contribution is 8.00. The highest BCUT2D eigenvalue weighted by Crippen LogP contribution is 2.44. The molecule has 0 aliphatic carbocycles. The van der Waals surface area contributed by atoms with Crippen LogP contribution in [0.15, 0.2) is 91.1 Å². The Balaban J connectivity index is 1.57. The van der Waals surface area contributed by atoms with Crippen LogP contribution in [0.2, 0.25) is 0 Å². The summed E-state index contributed by atoms with van der Waals surface area (Å²) in [7, 11) is 1.66. The monoisotopic (exact) mass is 441 g/mol. The molecule has 1 atom stereocenters. The van der Waals surface area contributed by atoms with E-state index in [1.54, 1.807) is 18.9 Å². The SMILES string of the molecule is COc1ccccc1CN1C(=O)CS[C@H]1c1cn(-c2ccccc2)nc1-c1ccccc1. The van der Waals surface area contributed by atoms with E-state index < -0.39 is 0 Å². The van der Waals surface area contributed by atoms with Crippen LogP contribution in [0.4, 0.5) is 0 Å². The maximum absolute atomic E-state index is 12.9. The number of carbonyl (C=O) groups excluding carboxylic acids is 1. The van der Waals surface area contributed by atoms with Crippen molar-refractivity contribution >= 4 is 17.7 Å². The van der Waals surface area contributed by atoms with E-state index in [4.69, 9.17) is 9.84 Å². The number of carbonyl (C=O) groups is 1. The van der Waals surface area contributed by atoms with Gasteiger partial charge in [-0.3, -0.25) is 4.79 Å². The van der Waals surface area contributed by atoms with E-state index in [-0.39, 0.29) is 11.3 Å². The van der Waals surface area contributed by atoms with Crippen molar-refractivity contribution in [2.45, 2.75) is 11.9 Å². The maximum Gasteiger partial charge on any atom is 0.234 e. The Morgan fingerprint density at radius 1 is 0.969 bits per heavy atom. The average molecular weight is 442 g/mol. The van der Waals surface area contributed by atoms with Crippen LogP contribution in [0, 0.1) is 0 Å². The van der Waals surface area contributed by atoms with Crippen LogP contribution in [-0.4, -0.2) is 33.5 Å². The molecule has 4 aromatic rings. The summed E-state index contributed by atoms with van der Waals surface area (Å²) in [6.45, 7) is 0.491. The second-order valence-electron chi connectivity index (χ2n) is 7.58. The number of hydrogen-bond acceptors (Lipinski definition) is 4. The number of nitrogens with zero attached hydrogens (tertiary/aromatic N) is 3. The van der Waals surface area contributed by atoms with Gasteiger partial charge in [-0.1, -0.05) is 66.7 Å². The van der Waals surface area contributed by atoms with Crippen LogP contribution in [0.5, 0.6) is 5.75 Å². The Morgan fingerprint density at radius 3 is 2.41 bits per heavy atom. The number of aromatic nitrogens is 2. The second kappa shape index (κ2) is 8.93. The van der Waals surface area contributed by atoms with Gasteiger partial charge in [0.2, 0.25) is 5.91 Å². The third-order valence-corrected chi connectivity index (χ3v) is 6.82. The fourth-order valence-corrected chi connectivity index (χ4v) is 5.19. The van der Waals surface area contributed by atoms with Gasteiger partial charge in [0.15, 0.2) is 0 Å². The molecule has 5 nitrogen and oxygen atoms in total. The third-order valence-electron chi connectivity index (χ3n) is 5.58. The summed E-state index contributed by atoms with van der Waals surface area (Å²) in [4.78, 5) is 14.9. The molecular weight excluding hydrogens is 418 g/mol. The van der Waals surface area contributed by atoms with E-state index in [0.717, 1.165) is 33.8 Å². The van der Waals surface area contributed by atoms with E-state index in [1.165, 1.54) is 0 Å². The molecule has 32 heavy (non-hydrogen) atoms. The Morgan fingerprint density at radius 2 is 1.66 bits per heavy atom. The quantitative estimate of drug-likeness (QED) is 0.406. The molecule has 1 saturated heterocycles. The van der Waals surface area contributed by atoms with Crippen LogP contribution in [0.3, 0.4) is 0 Å². The Kier molecular flexibility index (Phi) is 5.69. The molecule has 2 heterocycles. The molecule has 0 radical (unpaired) electrons. The summed E-state index contributed by atoms with van der Waals surface area (Å²) in [6, 6.07) is 28.1. The lowest BCUT2D eigenvalue weighted by atomic mass is 10.1. The van der Waals surface area contributed by atoms with Crippen molar-refractivity contribution in [2.24, 2.45) is 0 Å². The molecule has 1 aliphatic rings. The van der Waals surface area contributed by atoms with Crippen LogP contribution in [0.25, 0.3) is 16.9 Å². The fourth-order valence-electron chi connectivity index (χ4n) is 4.00. The van der Waals surface area contributed by atoms with Crippen LogP contribution in [0.1, 0.15) is 16.5 Å². The van der Waals surface area contributed by atoms with Crippen LogP contribution < -0.4 is 4.74 Å². The first-order valence-electron chi connectivity index (χ1n) is 10.5. The van der Waals surface area contributed by atoms with Gasteiger partial charge in [0.25, 0.3) is 0 Å². The summed E-state index contributed by atoms with van der Waals surface area (Å²) in [5.74, 6) is 1.36. The maximum atomic E-state index is 12.9. The smallest absolute Gasteiger partial charge is 0.234 e. The van der Waals surface area contributed by atoms with Crippen molar-refractivity contribution in [1.29, 1.82) is 0 Å². The molecular formula is C26H23N3O2S. The van der Waals surface area contributed by atoms with E-state index in [0.29, 0.717) is 12.3 Å². The van der Waals surface area contributed by atoms with Crippen molar-refractivity contribution in [3.05, 3.63) is 102 Å². The first-order valence-corrected chi connectivity index (χ1v) is 11.5. The molecule has 160 valence electrons. The van der Waals surface area contributed by atoms with Crippen LogP contribution >= 0.6 is 11.8 Å². The number of ether oxygens (including phenoxy) is 1. The summed E-state index contributed by atoms with van der Waals surface area (Å²) in [5.41, 5.74) is 4.95. The lowest BCUT2D eigenvalue weighted by Gasteiger charge is -2.25. The summed E-state index contributed by atoms with van der Waals surface area (Å²) < 4.78 is 7.43. The molecule has 0 bridgehead atoms. The molecule has 0 saturated carbocycles. The number of amides is 1. The van der Waals surface area contributed by atoms with Gasteiger partial charge >= 0.3 is 0 Å². The number of rotatable bonds is 6. The van der Waals surface area contributed by atoms with Gasteiger partial charge in [0, 0.05) is 22.9 Å². The first-order chi connectivity index (χ1) is 15.7. The normalized spacial score (nSPS) is 15.8. The molecule has 0 spiro atoms. The lowest BCUT2D eigenvalue weighted by Crippen LogP contribution is -2.28. The Labute approximate surface area is 191 Å². The highest BCUT2D eigenvalue weighted by atomic mass is 32.2. The van der Waals surface area contributed by atoms with Gasteiger partial charge in [-0.05, 0) is 18.2 Å². The predicted octanol–water partition coefficient (Wildman–Crippen LogP) is 5.32. The zero-order valence-electron chi connectivity index (χ0n) is 17.7. The molecule has 1 amide bonds. The largest absolute Gasteiger partial charge is 0.496 e. The van der Waals surface area contributed by atoms with E-state index in [2.05, 4.69) is 18.3 Å². The van der Waals surface area contributed by atoms with Gasteiger partial charge in [-0.15, -0.1) is 11.8 Å². The molecule has 3 aromatic carbocycles. The summed E-state index contributed by atoms with van der Waals surface area (Å²) >= 11 is 1.64. The molecule has 0 unspecified atom stereocenters. The Hall–Kier alpha value is -3.51. The topological polar surface area (TPSA) is 47.4 Å². The summed E-state index contributed by atoms with van der Waals surface area (Å²) in [6.07, 6.45) is 2.06. The lowest BCUT2D eigenvalue weighted by molar-refractivity contribution is -0.128. The van der Waals surface area contributed by atoms with Crippen molar-refractivity contribution in [2.75, 3.05) is 12.9 Å². The van der Waals surface area contributed by atoms with Crippen molar-refractivity contribution in [3.8, 4) is 22.7 Å². The zero-order valence-corrected chi connectivity index (χ0v) is 18.5. The molecule has 1 aliphatic heterocycles. The third kappa shape index (κ3) is 3.89. The molecule has 6 heteroatoms. The molecule has 0 N–H and O–H groups in total. The Bertz CT molecular complexity index is 1220. The van der Waals surface area contributed by atoms with Crippen molar-refractivity contribution in [3.63, 3.8) is 0 Å². The van der Waals surface area contributed by atoms with E-state index >= 15 is 0 Å². The number of thioether (sulfide) groups is 1. The van der Waals surface area contributed by atoms with Crippen molar-refractivity contribution in [1.82, 2.24) is 14.7 Å². The second-order valence-corrected chi connectivity index (χ2v) is 8.64. The first kappa shape index (κ1) is 20.4. The number of hydrogen-bond donors (Lipinski definition) is 0. The minimum Gasteiger partial charge on any atom is -0.496 e.